The molecule has 0 aromatic heterocycles. The Labute approximate surface area is 127 Å². The van der Waals surface area contributed by atoms with Crippen LogP contribution in [-0.2, 0) is 15.7 Å². The van der Waals surface area contributed by atoms with Crippen LogP contribution in [0.25, 0.3) is 0 Å². The van der Waals surface area contributed by atoms with Crippen molar-refractivity contribution in [1.29, 1.82) is 0 Å². The van der Waals surface area contributed by atoms with E-state index in [4.69, 9.17) is 27.0 Å². The van der Waals surface area contributed by atoms with E-state index in [9.17, 15) is 8.42 Å². The van der Waals surface area contributed by atoms with E-state index >= 15 is 0 Å². The van der Waals surface area contributed by atoms with Gasteiger partial charge in [0.15, 0.2) is 0 Å². The number of rotatable bonds is 4. The number of benzene rings is 2. The fourth-order valence-corrected chi connectivity index (χ4v) is 2.77. The Morgan fingerprint density at radius 1 is 1.15 bits per heavy atom. The molecule has 0 fully saturated rings. The summed E-state index contributed by atoms with van der Waals surface area (Å²) in [5.41, 5.74) is 1.64. The molecule has 106 valence electrons. The highest BCUT2D eigenvalue weighted by atomic mass is 35.7. The van der Waals surface area contributed by atoms with Gasteiger partial charge in [0, 0.05) is 15.7 Å². The molecule has 2 rings (SSSR count). The topological polar surface area (TPSA) is 43.4 Å². The number of ether oxygens (including phenoxy) is 1. The van der Waals surface area contributed by atoms with Crippen molar-refractivity contribution in [2.24, 2.45) is 0 Å². The predicted molar refractivity (Wildman–Crippen MR) is 80.0 cm³/mol. The summed E-state index contributed by atoms with van der Waals surface area (Å²) in [6, 6.07) is 11.8. The lowest BCUT2D eigenvalue weighted by atomic mass is 10.2. The van der Waals surface area contributed by atoms with Gasteiger partial charge in [-0.15, -0.1) is 0 Å². The van der Waals surface area contributed by atoms with Gasteiger partial charge in [0.25, 0.3) is 9.05 Å². The Kier molecular flexibility index (Phi) is 4.58. The van der Waals surface area contributed by atoms with E-state index in [1.807, 2.05) is 18.2 Å². The second kappa shape index (κ2) is 6.04. The van der Waals surface area contributed by atoms with Crippen LogP contribution in [0, 0.1) is 6.92 Å². The average molecular weight is 331 g/mol. The second-order valence-electron chi connectivity index (χ2n) is 4.28. The fraction of sp³-hybridized carbons (Fsp3) is 0.143. The van der Waals surface area contributed by atoms with Crippen LogP contribution in [0.4, 0.5) is 0 Å². The van der Waals surface area contributed by atoms with Crippen LogP contribution >= 0.6 is 22.3 Å². The third-order valence-electron chi connectivity index (χ3n) is 2.71. The maximum absolute atomic E-state index is 11.2. The van der Waals surface area contributed by atoms with E-state index in [0.29, 0.717) is 22.9 Å². The second-order valence-corrected chi connectivity index (χ2v) is 7.29. The van der Waals surface area contributed by atoms with Crippen molar-refractivity contribution >= 4 is 31.3 Å². The number of hydrogen-bond acceptors (Lipinski definition) is 3. The highest BCUT2D eigenvalue weighted by Gasteiger charge is 2.11. The van der Waals surface area contributed by atoms with Crippen molar-refractivity contribution in [2.75, 3.05) is 0 Å². The largest absolute Gasteiger partial charge is 0.489 e. The van der Waals surface area contributed by atoms with Gasteiger partial charge in [0.2, 0.25) is 0 Å². The lowest BCUT2D eigenvalue weighted by Crippen LogP contribution is -1.98. The summed E-state index contributed by atoms with van der Waals surface area (Å²) < 4.78 is 28.1. The molecule has 0 aliphatic carbocycles. The Morgan fingerprint density at radius 3 is 2.50 bits per heavy atom. The van der Waals surface area contributed by atoms with E-state index in [2.05, 4.69) is 0 Å². The highest BCUT2D eigenvalue weighted by molar-refractivity contribution is 8.13. The summed E-state index contributed by atoms with van der Waals surface area (Å²) in [6.45, 7) is 2.12. The minimum Gasteiger partial charge on any atom is -0.489 e. The lowest BCUT2D eigenvalue weighted by molar-refractivity contribution is 0.304. The maximum atomic E-state index is 11.2. The zero-order valence-corrected chi connectivity index (χ0v) is 13.0. The number of halogens is 2. The number of aryl methyl sites for hydroxylation is 1. The van der Waals surface area contributed by atoms with Crippen molar-refractivity contribution in [3.8, 4) is 5.75 Å². The molecule has 0 aliphatic heterocycles. The highest BCUT2D eigenvalue weighted by Crippen LogP contribution is 2.24. The van der Waals surface area contributed by atoms with Crippen LogP contribution in [0.2, 0.25) is 5.02 Å². The first-order chi connectivity index (χ1) is 9.36. The van der Waals surface area contributed by atoms with Crippen molar-refractivity contribution in [1.82, 2.24) is 0 Å². The zero-order chi connectivity index (χ0) is 14.8. The first kappa shape index (κ1) is 15.2. The third kappa shape index (κ3) is 3.88. The Morgan fingerprint density at radius 2 is 1.90 bits per heavy atom. The molecule has 0 unspecified atom stereocenters. The quantitative estimate of drug-likeness (QED) is 0.790. The molecule has 0 N–H and O–H groups in total. The van der Waals surface area contributed by atoms with E-state index in [-0.39, 0.29) is 4.90 Å². The van der Waals surface area contributed by atoms with Crippen LogP contribution in [-0.4, -0.2) is 8.42 Å². The minimum absolute atomic E-state index is 0.0618. The van der Waals surface area contributed by atoms with Crippen molar-refractivity contribution in [3.05, 3.63) is 58.6 Å². The Balaban J connectivity index is 2.15. The fourth-order valence-electron chi connectivity index (χ4n) is 1.72. The van der Waals surface area contributed by atoms with Gasteiger partial charge in [0.05, 0.1) is 4.90 Å². The molecule has 0 spiro atoms. The predicted octanol–water partition coefficient (Wildman–Crippen LogP) is 4.15. The SMILES string of the molecule is Cc1cc(S(=O)(=O)Cl)ccc1OCc1cccc(Cl)c1. The summed E-state index contributed by atoms with van der Waals surface area (Å²) in [5, 5.41) is 0.645. The van der Waals surface area contributed by atoms with Crippen molar-refractivity contribution in [2.45, 2.75) is 18.4 Å². The van der Waals surface area contributed by atoms with Gasteiger partial charge in [-0.3, -0.25) is 0 Å². The molecule has 3 nitrogen and oxygen atoms in total. The molecule has 0 atom stereocenters. The first-order valence-electron chi connectivity index (χ1n) is 5.79. The van der Waals surface area contributed by atoms with E-state index in [1.165, 1.54) is 12.1 Å². The normalized spacial score (nSPS) is 11.3. The molecule has 6 heteroatoms. The van der Waals surface area contributed by atoms with Gasteiger partial charge in [-0.2, -0.15) is 0 Å². The molecule has 0 heterocycles. The van der Waals surface area contributed by atoms with Crippen molar-refractivity contribution < 1.29 is 13.2 Å². The molecule has 0 bridgehead atoms. The van der Waals surface area contributed by atoms with Crippen LogP contribution in [0.1, 0.15) is 11.1 Å². The van der Waals surface area contributed by atoms with E-state index in [0.717, 1.165) is 5.56 Å². The maximum Gasteiger partial charge on any atom is 0.261 e. The molecule has 0 aliphatic rings. The Hall–Kier alpha value is -1.23. The average Bonchev–Trinajstić information content (AvgIpc) is 2.36. The van der Waals surface area contributed by atoms with Crippen molar-refractivity contribution in [3.63, 3.8) is 0 Å². The summed E-state index contributed by atoms with van der Waals surface area (Å²) in [7, 11) is 1.57. The molecule has 0 saturated carbocycles. The van der Waals surface area contributed by atoms with Gasteiger partial charge in [-0.1, -0.05) is 23.7 Å². The molecule has 2 aromatic rings. The third-order valence-corrected chi connectivity index (χ3v) is 4.30. The monoisotopic (exact) mass is 330 g/mol. The van der Waals surface area contributed by atoms with Gasteiger partial charge >= 0.3 is 0 Å². The molecular formula is C14H12Cl2O3S. The standard InChI is InChI=1S/C14H12Cl2O3S/c1-10-7-13(20(16,17)18)5-6-14(10)19-9-11-3-2-4-12(15)8-11/h2-8H,9H2,1H3. The summed E-state index contributed by atoms with van der Waals surface area (Å²) >= 11 is 5.89. The molecule has 0 radical (unpaired) electrons. The lowest BCUT2D eigenvalue weighted by Gasteiger charge is -2.10. The van der Waals surface area contributed by atoms with Gasteiger partial charge < -0.3 is 4.74 Å². The molecule has 20 heavy (non-hydrogen) atoms. The molecule has 0 amide bonds. The first-order valence-corrected chi connectivity index (χ1v) is 8.47. The smallest absolute Gasteiger partial charge is 0.261 e. The summed E-state index contributed by atoms with van der Waals surface area (Å²) in [5.74, 6) is 0.606. The molecule has 0 saturated heterocycles. The van der Waals surface area contributed by atoms with Gasteiger partial charge in [-0.05, 0) is 48.4 Å². The van der Waals surface area contributed by atoms with Crippen LogP contribution < -0.4 is 4.74 Å². The Bertz CT molecular complexity index is 727. The van der Waals surface area contributed by atoms with E-state index < -0.39 is 9.05 Å². The van der Waals surface area contributed by atoms with Crippen LogP contribution in [0.5, 0.6) is 5.75 Å². The van der Waals surface area contributed by atoms with Crippen LogP contribution in [0.3, 0.4) is 0 Å². The van der Waals surface area contributed by atoms with Gasteiger partial charge in [-0.25, -0.2) is 8.42 Å². The number of hydrogen-bond donors (Lipinski definition) is 0. The van der Waals surface area contributed by atoms with Crippen LogP contribution in [0.15, 0.2) is 47.4 Å². The summed E-state index contributed by atoms with van der Waals surface area (Å²) in [6.07, 6.45) is 0. The van der Waals surface area contributed by atoms with E-state index in [1.54, 1.807) is 19.1 Å². The molecular weight excluding hydrogens is 319 g/mol. The zero-order valence-electron chi connectivity index (χ0n) is 10.6. The molecule has 2 aromatic carbocycles. The minimum atomic E-state index is -3.72. The van der Waals surface area contributed by atoms with Gasteiger partial charge in [0.1, 0.15) is 12.4 Å². The summed E-state index contributed by atoms with van der Waals surface area (Å²) in [4.78, 5) is 0.0618.